The van der Waals surface area contributed by atoms with Crippen LogP contribution in [-0.4, -0.2) is 6.08 Å². The van der Waals surface area contributed by atoms with Gasteiger partial charge in [-0.1, -0.05) is 6.07 Å². The Labute approximate surface area is 83.4 Å². The summed E-state index contributed by atoms with van der Waals surface area (Å²) in [6, 6.07) is 1.94. The third kappa shape index (κ3) is 1.45. The van der Waals surface area contributed by atoms with Crippen LogP contribution in [0.25, 0.3) is 0 Å². The van der Waals surface area contributed by atoms with Crippen LogP contribution in [0.4, 0.5) is 13.2 Å². The summed E-state index contributed by atoms with van der Waals surface area (Å²) in [5.74, 6) is -4.05. The van der Waals surface area contributed by atoms with Gasteiger partial charge in [0.15, 0.2) is 17.5 Å². The standard InChI is InChI=1S/C10H6F3NO/c11-7-2-1-6(8(12)9(7)13)10(3-4-10)14-5-15/h1-2H,3-4H2. The molecule has 0 N–H and O–H groups in total. The first-order valence-corrected chi connectivity index (χ1v) is 4.34. The number of halogens is 3. The lowest BCUT2D eigenvalue weighted by molar-refractivity contribution is 0.433. The summed E-state index contributed by atoms with van der Waals surface area (Å²) in [6.45, 7) is 0. The Balaban J connectivity index is 2.55. The zero-order valence-corrected chi connectivity index (χ0v) is 7.56. The van der Waals surface area contributed by atoms with E-state index in [1.165, 1.54) is 6.08 Å². The average Bonchev–Trinajstić information content (AvgIpc) is 2.96. The van der Waals surface area contributed by atoms with Crippen LogP contribution in [0.2, 0.25) is 0 Å². The van der Waals surface area contributed by atoms with Crippen molar-refractivity contribution in [2.24, 2.45) is 4.99 Å². The van der Waals surface area contributed by atoms with Crippen LogP contribution in [-0.2, 0) is 10.3 Å². The van der Waals surface area contributed by atoms with Crippen LogP contribution in [0.5, 0.6) is 0 Å². The van der Waals surface area contributed by atoms with Crippen LogP contribution in [0.1, 0.15) is 18.4 Å². The molecular weight excluding hydrogens is 207 g/mol. The second-order valence-corrected chi connectivity index (χ2v) is 3.46. The molecule has 0 bridgehead atoms. The van der Waals surface area contributed by atoms with Crippen LogP contribution in [0.3, 0.4) is 0 Å². The molecule has 2 rings (SSSR count). The largest absolute Gasteiger partial charge is 0.235 e. The fraction of sp³-hybridized carbons (Fsp3) is 0.300. The molecule has 1 aliphatic rings. The highest BCUT2D eigenvalue weighted by atomic mass is 19.2. The van der Waals surface area contributed by atoms with Crippen molar-refractivity contribution in [2.45, 2.75) is 18.4 Å². The normalized spacial score (nSPS) is 17.0. The predicted octanol–water partition coefficient (Wildman–Crippen LogP) is 2.43. The van der Waals surface area contributed by atoms with Crippen molar-refractivity contribution in [3.05, 3.63) is 35.1 Å². The second kappa shape index (κ2) is 3.21. The van der Waals surface area contributed by atoms with Gasteiger partial charge in [-0.05, 0) is 18.9 Å². The molecule has 0 atom stereocenters. The van der Waals surface area contributed by atoms with E-state index in [9.17, 15) is 18.0 Å². The first kappa shape index (κ1) is 9.93. The number of rotatable bonds is 2. The lowest BCUT2D eigenvalue weighted by Gasteiger charge is -2.09. The number of hydrogen-bond donors (Lipinski definition) is 0. The minimum Gasteiger partial charge on any atom is -0.211 e. The Morgan fingerprint density at radius 3 is 2.40 bits per heavy atom. The van der Waals surface area contributed by atoms with E-state index in [-0.39, 0.29) is 5.56 Å². The van der Waals surface area contributed by atoms with Crippen molar-refractivity contribution in [1.82, 2.24) is 0 Å². The Bertz CT molecular complexity index is 462. The molecule has 2 nitrogen and oxygen atoms in total. The van der Waals surface area contributed by atoms with Crippen LogP contribution >= 0.6 is 0 Å². The molecule has 0 unspecified atom stereocenters. The van der Waals surface area contributed by atoms with E-state index < -0.39 is 23.0 Å². The topological polar surface area (TPSA) is 29.4 Å². The molecule has 0 spiro atoms. The minimum atomic E-state index is -1.53. The molecule has 0 amide bonds. The fourth-order valence-corrected chi connectivity index (χ4v) is 1.53. The van der Waals surface area contributed by atoms with Crippen molar-refractivity contribution in [3.8, 4) is 0 Å². The molecule has 1 aliphatic carbocycles. The van der Waals surface area contributed by atoms with Gasteiger partial charge in [-0.2, -0.15) is 4.99 Å². The predicted molar refractivity (Wildman–Crippen MR) is 45.3 cm³/mol. The van der Waals surface area contributed by atoms with Gasteiger partial charge in [0.1, 0.15) is 5.54 Å². The van der Waals surface area contributed by atoms with Crippen LogP contribution in [0, 0.1) is 17.5 Å². The Morgan fingerprint density at radius 1 is 1.20 bits per heavy atom. The number of nitrogens with zero attached hydrogens (tertiary/aromatic N) is 1. The van der Waals surface area contributed by atoms with Crippen LogP contribution in [0.15, 0.2) is 17.1 Å². The lowest BCUT2D eigenvalue weighted by atomic mass is 10.0. The highest BCUT2D eigenvalue weighted by Gasteiger charge is 2.47. The summed E-state index contributed by atoms with van der Waals surface area (Å²) in [7, 11) is 0. The van der Waals surface area contributed by atoms with Gasteiger partial charge in [0, 0.05) is 5.56 Å². The van der Waals surface area contributed by atoms with Gasteiger partial charge in [0.05, 0.1) is 0 Å². The maximum absolute atomic E-state index is 13.3. The van der Waals surface area contributed by atoms with E-state index >= 15 is 0 Å². The third-order valence-corrected chi connectivity index (χ3v) is 2.52. The minimum absolute atomic E-state index is 0.0789. The SMILES string of the molecule is O=C=NC1(c2ccc(F)c(F)c2F)CC1. The molecule has 78 valence electrons. The van der Waals surface area contributed by atoms with Crippen molar-refractivity contribution >= 4 is 6.08 Å². The molecule has 0 heterocycles. The van der Waals surface area contributed by atoms with E-state index in [4.69, 9.17) is 0 Å². The smallest absolute Gasteiger partial charge is 0.211 e. The van der Waals surface area contributed by atoms with Crippen molar-refractivity contribution in [1.29, 1.82) is 0 Å². The third-order valence-electron chi connectivity index (χ3n) is 2.52. The monoisotopic (exact) mass is 213 g/mol. The Hall–Kier alpha value is -1.61. The van der Waals surface area contributed by atoms with Crippen molar-refractivity contribution < 1.29 is 18.0 Å². The number of hydrogen-bond acceptors (Lipinski definition) is 2. The van der Waals surface area contributed by atoms with Gasteiger partial charge in [-0.25, -0.2) is 18.0 Å². The van der Waals surface area contributed by atoms with Crippen molar-refractivity contribution in [3.63, 3.8) is 0 Å². The van der Waals surface area contributed by atoms with Gasteiger partial charge in [-0.15, -0.1) is 0 Å². The highest BCUT2D eigenvalue weighted by Crippen LogP contribution is 2.50. The zero-order chi connectivity index (χ0) is 11.1. The molecule has 0 aliphatic heterocycles. The van der Waals surface area contributed by atoms with E-state index in [1.54, 1.807) is 0 Å². The first-order valence-electron chi connectivity index (χ1n) is 4.34. The first-order chi connectivity index (χ1) is 7.10. The zero-order valence-electron chi connectivity index (χ0n) is 7.56. The van der Waals surface area contributed by atoms with E-state index in [1.807, 2.05) is 0 Å². The molecule has 5 heteroatoms. The molecule has 0 saturated heterocycles. The number of carbonyl (C=O) groups excluding carboxylic acids is 1. The number of isocyanates is 1. The number of benzene rings is 1. The van der Waals surface area contributed by atoms with Gasteiger partial charge in [0.25, 0.3) is 0 Å². The van der Waals surface area contributed by atoms with Gasteiger partial charge < -0.3 is 0 Å². The number of aliphatic imine (C=N–C) groups is 1. The summed E-state index contributed by atoms with van der Waals surface area (Å²) in [5, 5.41) is 0. The Morgan fingerprint density at radius 2 is 1.87 bits per heavy atom. The maximum atomic E-state index is 13.3. The summed E-state index contributed by atoms with van der Waals surface area (Å²) in [6.07, 6.45) is 2.22. The molecule has 0 aromatic heterocycles. The maximum Gasteiger partial charge on any atom is 0.235 e. The summed E-state index contributed by atoms with van der Waals surface area (Å²) >= 11 is 0. The average molecular weight is 213 g/mol. The molecule has 0 radical (unpaired) electrons. The van der Waals surface area contributed by atoms with Gasteiger partial charge in [0.2, 0.25) is 6.08 Å². The highest BCUT2D eigenvalue weighted by molar-refractivity contribution is 5.42. The van der Waals surface area contributed by atoms with E-state index in [2.05, 4.69) is 4.99 Å². The second-order valence-electron chi connectivity index (χ2n) is 3.46. The van der Waals surface area contributed by atoms with E-state index in [0.717, 1.165) is 12.1 Å². The molecular formula is C10H6F3NO. The quantitative estimate of drug-likeness (QED) is 0.421. The van der Waals surface area contributed by atoms with Gasteiger partial charge >= 0.3 is 0 Å². The van der Waals surface area contributed by atoms with Gasteiger partial charge in [-0.3, -0.25) is 0 Å². The Kier molecular flexibility index (Phi) is 2.12. The molecule has 1 aromatic carbocycles. The van der Waals surface area contributed by atoms with Crippen LogP contribution < -0.4 is 0 Å². The summed E-state index contributed by atoms with van der Waals surface area (Å²) in [5.41, 5.74) is -1.09. The fourth-order valence-electron chi connectivity index (χ4n) is 1.53. The molecule has 15 heavy (non-hydrogen) atoms. The lowest BCUT2D eigenvalue weighted by Crippen LogP contribution is -2.08. The molecule has 1 saturated carbocycles. The summed E-state index contributed by atoms with van der Waals surface area (Å²) < 4.78 is 38.8. The molecule has 1 aromatic rings. The van der Waals surface area contributed by atoms with E-state index in [0.29, 0.717) is 12.8 Å². The molecule has 1 fully saturated rings. The summed E-state index contributed by atoms with van der Waals surface area (Å²) in [4.78, 5) is 13.5. The van der Waals surface area contributed by atoms with Crippen molar-refractivity contribution in [2.75, 3.05) is 0 Å².